The summed E-state index contributed by atoms with van der Waals surface area (Å²) in [6.07, 6.45) is 0.716. The van der Waals surface area contributed by atoms with Gasteiger partial charge in [0.1, 0.15) is 18.5 Å². The topological polar surface area (TPSA) is 135 Å². The fourth-order valence-corrected chi connectivity index (χ4v) is 4.40. The molecule has 1 unspecified atom stereocenters. The Balaban J connectivity index is 1.57. The average Bonchev–Trinajstić information content (AvgIpc) is 2.84. The van der Waals surface area contributed by atoms with Crippen LogP contribution in [-0.4, -0.2) is 64.7 Å². The number of anilines is 2. The molecule has 2 aromatic rings. The number of nitrogens with one attached hydrogen (secondary N) is 3. The minimum absolute atomic E-state index is 0.00410. The third-order valence-electron chi connectivity index (χ3n) is 5.82. The molecule has 1 aliphatic heterocycles. The van der Waals surface area contributed by atoms with E-state index in [1.165, 1.54) is 0 Å². The predicted molar refractivity (Wildman–Crippen MR) is 139 cm³/mol. The summed E-state index contributed by atoms with van der Waals surface area (Å²) >= 11 is 0. The van der Waals surface area contributed by atoms with Gasteiger partial charge in [-0.25, -0.2) is 8.42 Å². The summed E-state index contributed by atoms with van der Waals surface area (Å²) in [4.78, 5) is 11.9. The molecule has 0 aromatic heterocycles. The van der Waals surface area contributed by atoms with E-state index < -0.39 is 21.4 Å². The van der Waals surface area contributed by atoms with Crippen molar-refractivity contribution >= 4 is 27.3 Å². The Hall–Kier alpha value is -3.02. The van der Waals surface area contributed by atoms with Crippen molar-refractivity contribution in [3.05, 3.63) is 41.5 Å². The molecule has 2 aromatic carbocycles. The monoisotopic (exact) mass is 521 g/mol. The molecule has 0 saturated heterocycles. The molecule has 3 rings (SSSR count). The SMILES string of the molecule is COc1ccc(CCNCC(O)COc2cc(NS(=O)(=O)C(C)C)cc3c2CCC(=O)N3)cc1OC. The molecule has 0 radical (unpaired) electrons. The van der Waals surface area contributed by atoms with Crippen LogP contribution in [0.15, 0.2) is 30.3 Å². The molecule has 10 nitrogen and oxygen atoms in total. The number of hydrogen-bond acceptors (Lipinski definition) is 8. The highest BCUT2D eigenvalue weighted by atomic mass is 32.2. The molecule has 4 N–H and O–H groups in total. The van der Waals surface area contributed by atoms with E-state index in [9.17, 15) is 18.3 Å². The van der Waals surface area contributed by atoms with E-state index in [2.05, 4.69) is 15.4 Å². The molecule has 0 saturated carbocycles. The number of hydrogen-bond donors (Lipinski definition) is 4. The second-order valence-corrected chi connectivity index (χ2v) is 11.1. The maximum absolute atomic E-state index is 12.3. The lowest BCUT2D eigenvalue weighted by molar-refractivity contribution is -0.116. The molecule has 0 aliphatic carbocycles. The lowest BCUT2D eigenvalue weighted by Crippen LogP contribution is -2.33. The Kier molecular flexibility index (Phi) is 9.41. The van der Waals surface area contributed by atoms with Crippen LogP contribution in [0.2, 0.25) is 0 Å². The van der Waals surface area contributed by atoms with Gasteiger partial charge in [0.2, 0.25) is 15.9 Å². The Morgan fingerprint density at radius 2 is 1.81 bits per heavy atom. The third kappa shape index (κ3) is 7.25. The van der Waals surface area contributed by atoms with Gasteiger partial charge < -0.3 is 30.0 Å². The largest absolute Gasteiger partial charge is 0.493 e. The first kappa shape index (κ1) is 27.6. The van der Waals surface area contributed by atoms with Crippen LogP contribution in [0.1, 0.15) is 31.4 Å². The van der Waals surface area contributed by atoms with Gasteiger partial charge in [0.25, 0.3) is 0 Å². The average molecular weight is 522 g/mol. The summed E-state index contributed by atoms with van der Waals surface area (Å²) in [5.74, 6) is 1.62. The van der Waals surface area contributed by atoms with Crippen molar-refractivity contribution in [1.82, 2.24) is 5.32 Å². The molecule has 0 fully saturated rings. The Morgan fingerprint density at radius 3 is 2.50 bits per heavy atom. The molecule has 1 aliphatic rings. The molecule has 198 valence electrons. The maximum atomic E-state index is 12.3. The van der Waals surface area contributed by atoms with Crippen LogP contribution in [-0.2, 0) is 27.7 Å². The molecular formula is C25H35N3O7S. The standard InChI is InChI=1S/C25H35N3O7S/c1-16(2)36(31,32)28-18-12-21-20(6-8-25(30)27-21)23(13-18)35-15-19(29)14-26-10-9-17-5-7-22(33-3)24(11-17)34-4/h5,7,11-13,16,19,26,28-29H,6,8-10,14-15H2,1-4H3,(H,27,30). The van der Waals surface area contributed by atoms with Crippen LogP contribution in [0.3, 0.4) is 0 Å². The number of carbonyl (C=O) groups excluding carboxylic acids is 1. The number of benzene rings is 2. The van der Waals surface area contributed by atoms with E-state index in [1.54, 1.807) is 40.2 Å². The van der Waals surface area contributed by atoms with Crippen molar-refractivity contribution in [3.8, 4) is 17.2 Å². The van der Waals surface area contributed by atoms with Gasteiger partial charge in [0, 0.05) is 30.3 Å². The number of amides is 1. The van der Waals surface area contributed by atoms with Crippen molar-refractivity contribution in [1.29, 1.82) is 0 Å². The predicted octanol–water partition coefficient (Wildman–Crippen LogP) is 2.31. The second kappa shape index (κ2) is 12.3. The Bertz CT molecular complexity index is 1170. The molecular weight excluding hydrogens is 486 g/mol. The van der Waals surface area contributed by atoms with E-state index in [1.807, 2.05) is 18.2 Å². The van der Waals surface area contributed by atoms with Gasteiger partial charge in [0.15, 0.2) is 11.5 Å². The number of carbonyl (C=O) groups is 1. The Morgan fingerprint density at radius 1 is 1.06 bits per heavy atom. The van der Waals surface area contributed by atoms with Crippen LogP contribution in [0.5, 0.6) is 17.2 Å². The summed E-state index contributed by atoms with van der Waals surface area (Å²) in [6, 6.07) is 8.92. The van der Waals surface area contributed by atoms with Crippen LogP contribution in [0.4, 0.5) is 11.4 Å². The molecule has 0 bridgehead atoms. The van der Waals surface area contributed by atoms with Gasteiger partial charge in [-0.05, 0) is 57.0 Å². The minimum atomic E-state index is -3.58. The van der Waals surface area contributed by atoms with E-state index >= 15 is 0 Å². The molecule has 11 heteroatoms. The second-order valence-electron chi connectivity index (χ2n) is 8.85. The van der Waals surface area contributed by atoms with E-state index in [0.29, 0.717) is 54.6 Å². The lowest BCUT2D eigenvalue weighted by Gasteiger charge is -2.23. The highest BCUT2D eigenvalue weighted by Gasteiger charge is 2.23. The van der Waals surface area contributed by atoms with Crippen LogP contribution in [0.25, 0.3) is 0 Å². The summed E-state index contributed by atoms with van der Waals surface area (Å²) < 4.78 is 43.6. The highest BCUT2D eigenvalue weighted by molar-refractivity contribution is 7.93. The van der Waals surface area contributed by atoms with Gasteiger partial charge in [-0.3, -0.25) is 9.52 Å². The number of fused-ring (bicyclic) bond motifs is 1. The van der Waals surface area contributed by atoms with Gasteiger partial charge in [-0.15, -0.1) is 0 Å². The summed E-state index contributed by atoms with van der Waals surface area (Å²) in [5.41, 5.74) is 2.64. The Labute approximate surface area is 212 Å². The zero-order valence-corrected chi connectivity index (χ0v) is 21.9. The van der Waals surface area contributed by atoms with E-state index in [4.69, 9.17) is 14.2 Å². The van der Waals surface area contributed by atoms with Crippen molar-refractivity contribution in [3.63, 3.8) is 0 Å². The number of methoxy groups -OCH3 is 2. The fourth-order valence-electron chi connectivity index (χ4n) is 3.72. The van der Waals surface area contributed by atoms with Crippen molar-refractivity contribution in [2.24, 2.45) is 0 Å². The zero-order valence-electron chi connectivity index (χ0n) is 21.1. The number of ether oxygens (including phenoxy) is 3. The van der Waals surface area contributed by atoms with E-state index in [0.717, 1.165) is 17.5 Å². The number of rotatable bonds is 13. The smallest absolute Gasteiger partial charge is 0.235 e. The molecule has 0 spiro atoms. The quantitative estimate of drug-likeness (QED) is 0.295. The molecule has 1 atom stereocenters. The lowest BCUT2D eigenvalue weighted by atomic mass is 10.0. The first-order chi connectivity index (χ1) is 17.1. The minimum Gasteiger partial charge on any atom is -0.493 e. The van der Waals surface area contributed by atoms with Crippen LogP contribution >= 0.6 is 0 Å². The summed E-state index contributed by atoms with van der Waals surface area (Å²) in [7, 11) is -0.393. The van der Waals surface area contributed by atoms with Gasteiger partial charge >= 0.3 is 0 Å². The summed E-state index contributed by atoms with van der Waals surface area (Å²) in [6.45, 7) is 4.11. The van der Waals surface area contributed by atoms with Crippen LogP contribution in [0, 0.1) is 0 Å². The maximum Gasteiger partial charge on any atom is 0.235 e. The van der Waals surface area contributed by atoms with Crippen molar-refractivity contribution in [2.45, 2.75) is 44.5 Å². The third-order valence-corrected chi connectivity index (χ3v) is 7.58. The number of aliphatic hydroxyl groups excluding tert-OH is 1. The normalized spacial score (nSPS) is 14.1. The van der Waals surface area contributed by atoms with Gasteiger partial charge in [-0.2, -0.15) is 0 Å². The molecule has 1 heterocycles. The number of aliphatic hydroxyl groups is 1. The van der Waals surface area contributed by atoms with E-state index in [-0.39, 0.29) is 12.5 Å². The zero-order chi connectivity index (χ0) is 26.3. The van der Waals surface area contributed by atoms with Crippen LogP contribution < -0.4 is 29.6 Å². The summed E-state index contributed by atoms with van der Waals surface area (Å²) in [5, 5.41) is 15.8. The molecule has 1 amide bonds. The van der Waals surface area contributed by atoms with Crippen molar-refractivity contribution in [2.75, 3.05) is 44.0 Å². The fraction of sp³-hybridized carbons (Fsp3) is 0.480. The first-order valence-corrected chi connectivity index (χ1v) is 13.4. The highest BCUT2D eigenvalue weighted by Crippen LogP contribution is 2.35. The molecule has 36 heavy (non-hydrogen) atoms. The van der Waals surface area contributed by atoms with Gasteiger partial charge in [0.05, 0.1) is 25.2 Å². The first-order valence-electron chi connectivity index (χ1n) is 11.8. The van der Waals surface area contributed by atoms with Crippen molar-refractivity contribution < 1.29 is 32.5 Å². The van der Waals surface area contributed by atoms with Gasteiger partial charge in [-0.1, -0.05) is 6.07 Å². The number of sulfonamides is 1.